The highest BCUT2D eigenvalue weighted by atomic mass is 16.5. The third kappa shape index (κ3) is 5.32. The van der Waals surface area contributed by atoms with Gasteiger partial charge in [0.2, 0.25) is 5.91 Å². The fraction of sp³-hybridized carbons (Fsp3) is 0.667. The second kappa shape index (κ2) is 9.90. The van der Waals surface area contributed by atoms with Crippen molar-refractivity contribution >= 4 is 5.91 Å². The molecule has 0 unspecified atom stereocenters. The van der Waals surface area contributed by atoms with Crippen LogP contribution in [0.2, 0.25) is 0 Å². The van der Waals surface area contributed by atoms with Crippen LogP contribution >= 0.6 is 0 Å². The van der Waals surface area contributed by atoms with Crippen molar-refractivity contribution in [2.45, 2.75) is 77.2 Å². The maximum atomic E-state index is 12.6. The lowest BCUT2D eigenvalue weighted by molar-refractivity contribution is -0.127. The molecule has 31 heavy (non-hydrogen) atoms. The molecule has 0 spiro atoms. The third-order valence-electron chi connectivity index (χ3n) is 6.96. The molecule has 2 aliphatic carbocycles. The maximum Gasteiger partial charge on any atom is 0.223 e. The summed E-state index contributed by atoms with van der Waals surface area (Å²) in [7, 11) is 1.75. The topological polar surface area (TPSA) is 90.1 Å². The molecule has 2 saturated carbocycles. The second-order valence-corrected chi connectivity index (χ2v) is 9.23. The van der Waals surface area contributed by atoms with E-state index in [1.807, 2.05) is 26.1 Å². The molecule has 1 N–H and O–H groups in total. The summed E-state index contributed by atoms with van der Waals surface area (Å²) in [6.07, 6.45) is 10.4. The zero-order valence-electron chi connectivity index (χ0n) is 18.9. The normalized spacial score (nSPS) is 26.5. The van der Waals surface area contributed by atoms with E-state index in [1.54, 1.807) is 7.11 Å². The van der Waals surface area contributed by atoms with Crippen LogP contribution in [0.1, 0.15) is 74.5 Å². The molecule has 2 aromatic rings. The number of aryl methyl sites for hydroxylation is 2. The van der Waals surface area contributed by atoms with Crippen LogP contribution in [0, 0.1) is 25.7 Å². The van der Waals surface area contributed by atoms with E-state index < -0.39 is 0 Å². The quantitative estimate of drug-likeness (QED) is 0.739. The number of rotatable bonds is 6. The molecule has 7 nitrogen and oxygen atoms in total. The van der Waals surface area contributed by atoms with E-state index in [-0.39, 0.29) is 17.9 Å². The minimum Gasteiger partial charge on any atom is -0.381 e. The van der Waals surface area contributed by atoms with Gasteiger partial charge in [0.15, 0.2) is 5.76 Å². The first-order valence-corrected chi connectivity index (χ1v) is 11.6. The summed E-state index contributed by atoms with van der Waals surface area (Å²) in [6.45, 7) is 4.63. The van der Waals surface area contributed by atoms with E-state index in [4.69, 9.17) is 14.2 Å². The Hall–Kier alpha value is -2.28. The molecule has 2 fully saturated rings. The largest absolute Gasteiger partial charge is 0.381 e. The van der Waals surface area contributed by atoms with Gasteiger partial charge in [-0.1, -0.05) is 11.6 Å². The first kappa shape index (κ1) is 21.9. The predicted octanol–water partition coefficient (Wildman–Crippen LogP) is 4.34. The number of nitrogens with one attached hydrogen (secondary N) is 1. The van der Waals surface area contributed by atoms with E-state index in [2.05, 4.69) is 15.5 Å². The van der Waals surface area contributed by atoms with Crippen molar-refractivity contribution < 1.29 is 14.1 Å². The lowest BCUT2D eigenvalue weighted by Gasteiger charge is -2.31. The molecule has 1 amide bonds. The molecule has 4 rings (SSSR count). The number of ether oxygens (including phenoxy) is 1. The molecule has 7 heteroatoms. The average molecular weight is 427 g/mol. The molecule has 0 saturated heterocycles. The third-order valence-corrected chi connectivity index (χ3v) is 6.96. The van der Waals surface area contributed by atoms with Crippen molar-refractivity contribution in [3.8, 4) is 11.3 Å². The standard InChI is InChI=1S/C24H34N4O3/c1-15-11-22(31-28-15)21-14-25-16(2)27-23(21)18-9-7-17(8-10-18)13-26-24(29)19-5-4-6-20(12-19)30-3/h11,14,17-20H,4-10,12-13H2,1-3H3,(H,26,29)/t17?,18?,19-,20-/m0/s1. The van der Waals surface area contributed by atoms with Gasteiger partial charge in [0, 0.05) is 37.8 Å². The highest BCUT2D eigenvalue weighted by Gasteiger charge is 2.30. The Balaban J connectivity index is 1.32. The summed E-state index contributed by atoms with van der Waals surface area (Å²) in [4.78, 5) is 21.8. The number of aromatic nitrogens is 3. The highest BCUT2D eigenvalue weighted by Crippen LogP contribution is 2.39. The van der Waals surface area contributed by atoms with E-state index >= 15 is 0 Å². The summed E-state index contributed by atoms with van der Waals surface area (Å²) in [5.74, 6) is 2.75. The van der Waals surface area contributed by atoms with Gasteiger partial charge in [-0.05, 0) is 64.7 Å². The highest BCUT2D eigenvalue weighted by molar-refractivity contribution is 5.78. The van der Waals surface area contributed by atoms with Crippen LogP contribution in [0.15, 0.2) is 16.8 Å². The zero-order chi connectivity index (χ0) is 21.8. The summed E-state index contributed by atoms with van der Waals surface area (Å²) in [5.41, 5.74) is 2.88. The van der Waals surface area contributed by atoms with Crippen LogP contribution in [0.3, 0.4) is 0 Å². The van der Waals surface area contributed by atoms with Gasteiger partial charge < -0.3 is 14.6 Å². The molecule has 168 valence electrons. The molecule has 2 atom stereocenters. The smallest absolute Gasteiger partial charge is 0.223 e. The van der Waals surface area contributed by atoms with Gasteiger partial charge in [0.05, 0.1) is 23.1 Å². The molecule has 2 aromatic heterocycles. The van der Waals surface area contributed by atoms with Crippen LogP contribution < -0.4 is 5.32 Å². The molecule has 0 aromatic carbocycles. The Morgan fingerprint density at radius 3 is 2.71 bits per heavy atom. The Labute approximate surface area is 184 Å². The number of nitrogens with zero attached hydrogens (tertiary/aromatic N) is 3. The summed E-state index contributed by atoms with van der Waals surface area (Å²) in [6, 6.07) is 1.94. The van der Waals surface area contributed by atoms with Crippen molar-refractivity contribution in [1.82, 2.24) is 20.4 Å². The van der Waals surface area contributed by atoms with E-state index in [0.717, 1.165) is 86.4 Å². The Kier molecular flexibility index (Phi) is 7.00. The Morgan fingerprint density at radius 2 is 2.00 bits per heavy atom. The molecule has 0 aliphatic heterocycles. The number of hydrogen-bond donors (Lipinski definition) is 1. The molecule has 0 bridgehead atoms. The minimum absolute atomic E-state index is 0.104. The lowest BCUT2D eigenvalue weighted by Crippen LogP contribution is -2.38. The van der Waals surface area contributed by atoms with Crippen molar-refractivity contribution in [2.24, 2.45) is 11.8 Å². The van der Waals surface area contributed by atoms with Gasteiger partial charge in [-0.25, -0.2) is 9.97 Å². The number of hydrogen-bond acceptors (Lipinski definition) is 6. The number of carbonyl (C=O) groups is 1. The van der Waals surface area contributed by atoms with Gasteiger partial charge in [-0.2, -0.15) is 0 Å². The SMILES string of the molecule is CO[C@H]1CCC[C@H](C(=O)NCC2CCC(c3nc(C)ncc3-c3cc(C)no3)CC2)C1. The van der Waals surface area contributed by atoms with Gasteiger partial charge in [-0.3, -0.25) is 4.79 Å². The fourth-order valence-electron chi connectivity index (χ4n) is 5.11. The molecular formula is C24H34N4O3. The molecule has 2 aliphatic rings. The van der Waals surface area contributed by atoms with Gasteiger partial charge in [-0.15, -0.1) is 0 Å². The van der Waals surface area contributed by atoms with Crippen molar-refractivity contribution in [3.05, 3.63) is 29.5 Å². The lowest BCUT2D eigenvalue weighted by atomic mass is 9.79. The fourth-order valence-corrected chi connectivity index (χ4v) is 5.11. The van der Waals surface area contributed by atoms with Gasteiger partial charge in [0.1, 0.15) is 5.82 Å². The monoisotopic (exact) mass is 426 g/mol. The van der Waals surface area contributed by atoms with E-state index in [9.17, 15) is 4.79 Å². The Bertz CT molecular complexity index is 889. The summed E-state index contributed by atoms with van der Waals surface area (Å²) >= 11 is 0. The summed E-state index contributed by atoms with van der Waals surface area (Å²) < 4.78 is 11.0. The molecule has 2 heterocycles. The number of methoxy groups -OCH3 is 1. The van der Waals surface area contributed by atoms with Crippen LogP contribution in [-0.4, -0.2) is 40.8 Å². The predicted molar refractivity (Wildman–Crippen MR) is 117 cm³/mol. The minimum atomic E-state index is 0.104. The van der Waals surface area contributed by atoms with Crippen molar-refractivity contribution in [1.29, 1.82) is 0 Å². The Morgan fingerprint density at radius 1 is 1.19 bits per heavy atom. The van der Waals surface area contributed by atoms with E-state index in [1.165, 1.54) is 0 Å². The molecule has 0 radical (unpaired) electrons. The number of carbonyl (C=O) groups excluding carboxylic acids is 1. The first-order valence-electron chi connectivity index (χ1n) is 11.6. The van der Waals surface area contributed by atoms with Crippen molar-refractivity contribution in [3.63, 3.8) is 0 Å². The van der Waals surface area contributed by atoms with Gasteiger partial charge in [0.25, 0.3) is 0 Å². The van der Waals surface area contributed by atoms with E-state index in [0.29, 0.717) is 11.8 Å². The van der Waals surface area contributed by atoms with Crippen LogP contribution in [-0.2, 0) is 9.53 Å². The van der Waals surface area contributed by atoms with Crippen LogP contribution in [0.4, 0.5) is 0 Å². The van der Waals surface area contributed by atoms with Crippen LogP contribution in [0.25, 0.3) is 11.3 Å². The maximum absolute atomic E-state index is 12.6. The molecular weight excluding hydrogens is 392 g/mol. The number of amides is 1. The van der Waals surface area contributed by atoms with Crippen LogP contribution in [0.5, 0.6) is 0 Å². The zero-order valence-corrected chi connectivity index (χ0v) is 18.9. The summed E-state index contributed by atoms with van der Waals surface area (Å²) in [5, 5.41) is 7.25. The van der Waals surface area contributed by atoms with Gasteiger partial charge >= 0.3 is 0 Å². The van der Waals surface area contributed by atoms with Crippen molar-refractivity contribution in [2.75, 3.05) is 13.7 Å². The first-order chi connectivity index (χ1) is 15.0. The second-order valence-electron chi connectivity index (χ2n) is 9.23. The average Bonchev–Trinajstić information content (AvgIpc) is 3.23.